The molecule has 1 atom stereocenters. The zero-order valence-corrected chi connectivity index (χ0v) is 17.1. The Morgan fingerprint density at radius 1 is 0.864 bits per heavy atom. The molecule has 0 fully saturated rings. The summed E-state index contributed by atoms with van der Waals surface area (Å²) in [6, 6.07) is 18.9. The van der Waals surface area contributed by atoms with E-state index in [1.165, 1.54) is 5.56 Å². The summed E-state index contributed by atoms with van der Waals surface area (Å²) in [5, 5.41) is 0.814. The zero-order chi connectivity index (χ0) is 16.1. The third-order valence-electron chi connectivity index (χ3n) is 3.56. The molecule has 22 heavy (non-hydrogen) atoms. The van der Waals surface area contributed by atoms with E-state index in [9.17, 15) is 0 Å². The average molecular weight is 358 g/mol. The summed E-state index contributed by atoms with van der Waals surface area (Å²) in [6.07, 6.45) is 0. The summed E-state index contributed by atoms with van der Waals surface area (Å²) in [6.45, 7) is 16.8. The van der Waals surface area contributed by atoms with E-state index >= 15 is 0 Å². The Morgan fingerprint density at radius 3 is 1.64 bits per heavy atom. The summed E-state index contributed by atoms with van der Waals surface area (Å²) in [5.74, 6) is 0. The van der Waals surface area contributed by atoms with Gasteiger partial charge in [-0.2, -0.15) is 35.9 Å². The molecule has 2 heteroatoms. The molecule has 0 aliphatic rings. The van der Waals surface area contributed by atoms with Gasteiger partial charge in [0, 0.05) is 0 Å². The number of hydrogen-bond acceptors (Lipinski definition) is 0. The molecule has 0 aromatic heterocycles. The van der Waals surface area contributed by atoms with E-state index < -0.39 is 0 Å². The zero-order valence-electron chi connectivity index (χ0n) is 15.1. The Hall–Kier alpha value is -0.351. The van der Waals surface area contributed by atoms with Gasteiger partial charge in [0.1, 0.15) is 0 Å². The third kappa shape index (κ3) is 6.82. The fourth-order valence-electron chi connectivity index (χ4n) is 3.31. The molecule has 0 saturated carbocycles. The van der Waals surface area contributed by atoms with Gasteiger partial charge in [0.15, 0.2) is 0 Å². The Morgan fingerprint density at radius 2 is 1.36 bits per heavy atom. The molecular formula is C20H31FeP. The minimum atomic E-state index is -0.0545. The average Bonchev–Trinajstić information content (AvgIpc) is 3.02. The fraction of sp³-hybridized carbons (Fsp3) is 0.500. The topological polar surface area (TPSA) is 0 Å². The molecule has 124 valence electrons. The van der Waals surface area contributed by atoms with Gasteiger partial charge in [-0.25, -0.2) is 24.3 Å². The van der Waals surface area contributed by atoms with E-state index in [0.29, 0.717) is 16.0 Å². The summed E-state index contributed by atoms with van der Waals surface area (Å²) < 4.78 is 0. The van der Waals surface area contributed by atoms with Crippen molar-refractivity contribution < 1.29 is 17.1 Å². The molecule has 0 amide bonds. The maximum atomic E-state index is 2.40. The fourth-order valence-corrected chi connectivity index (χ4v) is 8.11. The van der Waals surface area contributed by atoms with Gasteiger partial charge < -0.3 is 0 Å². The summed E-state index contributed by atoms with van der Waals surface area (Å²) >= 11 is 0. The van der Waals surface area contributed by atoms with Crippen molar-refractivity contribution in [1.82, 2.24) is 0 Å². The summed E-state index contributed by atoms with van der Waals surface area (Å²) in [5.41, 5.74) is 2.20. The minimum Gasteiger partial charge on any atom is -0.214 e. The first-order valence-corrected chi connectivity index (χ1v) is 9.23. The quantitative estimate of drug-likeness (QED) is 0.310. The van der Waals surface area contributed by atoms with Crippen molar-refractivity contribution in [3.05, 3.63) is 60.2 Å². The third-order valence-corrected chi connectivity index (χ3v) is 7.52. The molecule has 0 unspecified atom stereocenters. The Balaban J connectivity index is 0.000000622. The van der Waals surface area contributed by atoms with Crippen molar-refractivity contribution in [1.29, 1.82) is 0 Å². The van der Waals surface area contributed by atoms with Crippen LogP contribution in [-0.2, 0) is 17.1 Å². The Kier molecular flexibility index (Phi) is 8.92. The second-order valence-electron chi connectivity index (χ2n) is 7.57. The van der Waals surface area contributed by atoms with Crippen molar-refractivity contribution >= 4 is 7.92 Å². The normalized spacial score (nSPS) is 13.1. The van der Waals surface area contributed by atoms with Crippen molar-refractivity contribution in [2.75, 3.05) is 0 Å². The molecule has 2 aromatic rings. The van der Waals surface area contributed by atoms with E-state index in [1.807, 2.05) is 30.3 Å². The molecule has 0 radical (unpaired) electrons. The van der Waals surface area contributed by atoms with Gasteiger partial charge in [-0.3, -0.25) is 0 Å². The van der Waals surface area contributed by atoms with Gasteiger partial charge in [-0.1, -0.05) is 56.4 Å². The molecule has 0 bridgehead atoms. The first-order chi connectivity index (χ1) is 9.64. The maximum Gasteiger partial charge on any atom is 2.00 e. The Labute approximate surface area is 149 Å². The van der Waals surface area contributed by atoms with Gasteiger partial charge in [0.25, 0.3) is 0 Å². The van der Waals surface area contributed by atoms with E-state index in [4.69, 9.17) is 0 Å². The van der Waals surface area contributed by atoms with Crippen LogP contribution >= 0.6 is 7.92 Å². The summed E-state index contributed by atoms with van der Waals surface area (Å²) in [7, 11) is -0.0545. The van der Waals surface area contributed by atoms with Gasteiger partial charge in [-0.15, -0.1) is 0 Å². The van der Waals surface area contributed by atoms with Crippen LogP contribution in [0.15, 0.2) is 54.6 Å². The van der Waals surface area contributed by atoms with Crippen molar-refractivity contribution in [2.45, 2.75) is 64.4 Å². The predicted molar refractivity (Wildman–Crippen MR) is 98.9 cm³/mol. The van der Waals surface area contributed by atoms with E-state index in [-0.39, 0.29) is 25.0 Å². The first-order valence-electron chi connectivity index (χ1n) is 7.82. The van der Waals surface area contributed by atoms with Gasteiger partial charge in [0.2, 0.25) is 0 Å². The van der Waals surface area contributed by atoms with Crippen LogP contribution in [0.2, 0.25) is 0 Å². The SMILES string of the molecule is C[C@H](c1ccc[cH-]1)P(C(C)(C)C)C(C)(C)C.[Fe+2].c1cc[cH-]c1. The Bertz CT molecular complexity index is 438. The van der Waals surface area contributed by atoms with Crippen LogP contribution in [0.4, 0.5) is 0 Å². The second-order valence-corrected chi connectivity index (χ2v) is 11.8. The van der Waals surface area contributed by atoms with Crippen molar-refractivity contribution in [3.8, 4) is 0 Å². The number of rotatable bonds is 2. The van der Waals surface area contributed by atoms with Gasteiger partial charge in [0.05, 0.1) is 0 Å². The molecule has 0 spiro atoms. The minimum absolute atomic E-state index is 0. The van der Waals surface area contributed by atoms with Crippen molar-refractivity contribution in [2.24, 2.45) is 0 Å². The molecular weight excluding hydrogens is 327 g/mol. The predicted octanol–water partition coefficient (Wildman–Crippen LogP) is 6.95. The van der Waals surface area contributed by atoms with Crippen LogP contribution in [0.25, 0.3) is 0 Å². The molecule has 0 aliphatic heterocycles. The van der Waals surface area contributed by atoms with Gasteiger partial charge >= 0.3 is 17.1 Å². The maximum absolute atomic E-state index is 2.40. The molecule has 0 nitrogen and oxygen atoms in total. The molecule has 0 aliphatic carbocycles. The smallest absolute Gasteiger partial charge is 0.214 e. The first kappa shape index (κ1) is 21.6. The van der Waals surface area contributed by atoms with Crippen LogP contribution in [0.1, 0.15) is 59.7 Å². The molecule has 2 rings (SSSR count). The van der Waals surface area contributed by atoms with Crippen LogP contribution in [-0.4, -0.2) is 10.3 Å². The largest absolute Gasteiger partial charge is 2.00 e. The molecule has 0 saturated heterocycles. The molecule has 0 N–H and O–H groups in total. The van der Waals surface area contributed by atoms with E-state index in [1.54, 1.807) is 0 Å². The second kappa shape index (κ2) is 9.07. The van der Waals surface area contributed by atoms with Crippen LogP contribution < -0.4 is 0 Å². The molecule has 0 heterocycles. The van der Waals surface area contributed by atoms with Crippen LogP contribution in [0, 0.1) is 0 Å². The van der Waals surface area contributed by atoms with E-state index in [2.05, 4.69) is 72.7 Å². The summed E-state index contributed by atoms with van der Waals surface area (Å²) in [4.78, 5) is 0. The number of hydrogen-bond donors (Lipinski definition) is 0. The molecule has 2 aromatic carbocycles. The van der Waals surface area contributed by atoms with Crippen molar-refractivity contribution in [3.63, 3.8) is 0 Å². The monoisotopic (exact) mass is 358 g/mol. The van der Waals surface area contributed by atoms with Crippen LogP contribution in [0.3, 0.4) is 0 Å². The standard InChI is InChI=1S/C15H26P.C5H5.Fe/c1-12(13-10-8-9-11-13)16(14(2,3)4)15(5,6)7;1-2-4-5-3-1;/h8-12H,1-7H3;1-5H;/q2*-1;+2/t12-;;/m1../s1. The van der Waals surface area contributed by atoms with E-state index in [0.717, 1.165) is 0 Å². The van der Waals surface area contributed by atoms with Crippen LogP contribution in [0.5, 0.6) is 0 Å². The van der Waals surface area contributed by atoms with Gasteiger partial charge in [-0.05, 0) is 16.0 Å².